The van der Waals surface area contributed by atoms with Gasteiger partial charge in [-0.3, -0.25) is 0 Å². The summed E-state index contributed by atoms with van der Waals surface area (Å²) in [6.45, 7) is 8.99. The fourth-order valence-electron chi connectivity index (χ4n) is 7.08. The zero-order valence-corrected chi connectivity index (χ0v) is 28.0. The van der Waals surface area contributed by atoms with E-state index in [0.717, 1.165) is 25.0 Å². The van der Waals surface area contributed by atoms with Crippen LogP contribution >= 0.6 is 0 Å². The van der Waals surface area contributed by atoms with E-state index in [0.29, 0.717) is 49.4 Å². The number of anilines is 1. The van der Waals surface area contributed by atoms with Crippen LogP contribution in [0.4, 0.5) is 18.9 Å². The summed E-state index contributed by atoms with van der Waals surface area (Å²) < 4.78 is 77.5. The van der Waals surface area contributed by atoms with Gasteiger partial charge in [0.2, 0.25) is 22.1 Å². The first kappa shape index (κ1) is 35.6. The number of benzene rings is 2. The van der Waals surface area contributed by atoms with Gasteiger partial charge >= 0.3 is 6.04 Å². The molecule has 0 amide bonds. The van der Waals surface area contributed by atoms with Gasteiger partial charge in [-0.2, -0.15) is 4.31 Å². The number of ether oxygens (including phenoxy) is 1. The van der Waals surface area contributed by atoms with Crippen LogP contribution in [-0.4, -0.2) is 74.0 Å². The number of aliphatic hydroxyl groups excluding tert-OH is 1. The molecule has 0 saturated carbocycles. The Kier molecular flexibility index (Phi) is 11.6. The molecule has 3 N–H and O–H groups in total. The molecule has 5 rings (SSSR count). The fourth-order valence-corrected chi connectivity index (χ4v) is 8.95. The van der Waals surface area contributed by atoms with Crippen molar-refractivity contribution in [1.82, 2.24) is 9.62 Å². The van der Waals surface area contributed by atoms with Crippen molar-refractivity contribution in [1.29, 1.82) is 0 Å². The summed E-state index contributed by atoms with van der Waals surface area (Å²) in [5.74, 6) is -3.03. The summed E-state index contributed by atoms with van der Waals surface area (Å²) in [7, 11) is -2.02. The number of hydrogen-bond donors (Lipinski definition) is 3. The van der Waals surface area contributed by atoms with Crippen LogP contribution in [0.3, 0.4) is 0 Å². The first-order valence-electron chi connectivity index (χ1n) is 16.3. The summed E-state index contributed by atoms with van der Waals surface area (Å²) in [5.41, 5.74) is 1.45. The molecule has 2 fully saturated rings. The number of nitrogens with zero attached hydrogens (tertiary/aromatic N) is 3. The van der Waals surface area contributed by atoms with Gasteiger partial charge in [0, 0.05) is 36.1 Å². The van der Waals surface area contributed by atoms with Crippen molar-refractivity contribution in [3.8, 4) is 6.57 Å². The van der Waals surface area contributed by atoms with E-state index in [1.807, 2.05) is 6.92 Å². The molecule has 3 aliphatic rings. The maximum absolute atomic E-state index is 15.5. The van der Waals surface area contributed by atoms with E-state index in [-0.39, 0.29) is 41.4 Å². The molecule has 3 aliphatic heterocycles. The Morgan fingerprint density at radius 2 is 2.02 bits per heavy atom. The highest BCUT2D eigenvalue weighted by Crippen LogP contribution is 2.37. The zero-order chi connectivity index (χ0) is 34.4. The number of halogens is 3. The second kappa shape index (κ2) is 15.7. The first-order valence-corrected chi connectivity index (χ1v) is 17.9. The average molecular weight is 687 g/mol. The monoisotopic (exact) mass is 686 g/mol. The predicted octanol–water partition coefficient (Wildman–Crippen LogP) is 5.56. The molecule has 13 heteroatoms. The molecule has 2 aromatic rings. The van der Waals surface area contributed by atoms with Gasteiger partial charge in [0.05, 0.1) is 18.8 Å². The van der Waals surface area contributed by atoms with Gasteiger partial charge in [-0.15, -0.1) is 0 Å². The van der Waals surface area contributed by atoms with Crippen LogP contribution in [-0.2, 0) is 21.2 Å². The number of aliphatic imine (C=N–C) groups is 1. The molecule has 3 heterocycles. The lowest BCUT2D eigenvalue weighted by atomic mass is 9.82. The third kappa shape index (κ3) is 7.94. The van der Waals surface area contributed by atoms with Crippen molar-refractivity contribution < 1.29 is 31.4 Å². The summed E-state index contributed by atoms with van der Waals surface area (Å²) in [6.07, 6.45) is 6.48. The van der Waals surface area contributed by atoms with E-state index in [2.05, 4.69) is 20.5 Å². The highest BCUT2D eigenvalue weighted by atomic mass is 32.2. The van der Waals surface area contributed by atoms with E-state index >= 15 is 4.39 Å². The molecule has 7 unspecified atom stereocenters. The standard InChI is InChI=1S/C35H43F3N5O4S/c1-4-22-19-40-25-9-7-17-48(45,46)43(21-25)31(22)16-14-26-27(36)10-6-11-30(26)42-35(44)34(39-2)33(23-13-15-28(37)29(38)18-23)24-8-5-12-32(47-3)41-20-24/h2,5-6,10-13,15,18,20,22,25,31,33-35,40,42,44H,4,7-9,14,16-17,19,21H2,1,3H3/q+1. The van der Waals surface area contributed by atoms with Crippen molar-refractivity contribution in [2.45, 2.75) is 75.7 Å². The molecule has 0 radical (unpaired) electrons. The minimum atomic E-state index is -3.49. The smallest absolute Gasteiger partial charge is 0.325 e. The van der Waals surface area contributed by atoms with Crippen molar-refractivity contribution >= 4 is 21.6 Å². The van der Waals surface area contributed by atoms with Crippen LogP contribution in [0.25, 0.3) is 4.85 Å². The van der Waals surface area contributed by atoms with Crippen molar-refractivity contribution in [3.05, 3.63) is 93.7 Å². The Morgan fingerprint density at radius 1 is 1.21 bits per heavy atom. The molecule has 0 aromatic heterocycles. The Bertz CT molecular complexity index is 1710. The second-order valence-electron chi connectivity index (χ2n) is 12.5. The Labute approximate surface area is 280 Å². The van der Waals surface area contributed by atoms with Gasteiger partial charge in [0.25, 0.3) is 6.57 Å². The molecule has 2 saturated heterocycles. The van der Waals surface area contributed by atoms with Gasteiger partial charge in [-0.25, -0.2) is 26.6 Å². The molecule has 9 nitrogen and oxygen atoms in total. The van der Waals surface area contributed by atoms with E-state index < -0.39 is 45.7 Å². The van der Waals surface area contributed by atoms with E-state index in [1.54, 1.807) is 22.5 Å². The lowest BCUT2D eigenvalue weighted by Crippen LogP contribution is -2.46. The van der Waals surface area contributed by atoms with Crippen LogP contribution in [0.2, 0.25) is 0 Å². The van der Waals surface area contributed by atoms with Gasteiger partial charge in [-0.1, -0.05) is 36.4 Å². The molecular weight excluding hydrogens is 643 g/mol. The molecule has 0 spiro atoms. The van der Waals surface area contributed by atoms with Crippen LogP contribution in [0.5, 0.6) is 0 Å². The van der Waals surface area contributed by atoms with Crippen molar-refractivity contribution in [3.63, 3.8) is 0 Å². The third-order valence-electron chi connectivity index (χ3n) is 9.65. The number of rotatable bonds is 10. The number of fused-ring (bicyclic) bond motifs is 2. The highest BCUT2D eigenvalue weighted by Gasteiger charge is 2.42. The first-order chi connectivity index (χ1) is 23.1. The number of methoxy groups -OCH3 is 1. The highest BCUT2D eigenvalue weighted by molar-refractivity contribution is 7.89. The van der Waals surface area contributed by atoms with Crippen molar-refractivity contribution in [2.24, 2.45) is 10.9 Å². The van der Waals surface area contributed by atoms with Crippen LogP contribution < -0.4 is 10.6 Å². The normalized spacial score (nSPS) is 25.6. The van der Waals surface area contributed by atoms with E-state index in [9.17, 15) is 22.3 Å². The molecule has 48 heavy (non-hydrogen) atoms. The van der Waals surface area contributed by atoms with Crippen LogP contribution in [0.15, 0.2) is 65.3 Å². The Hall–Kier alpha value is -3.70. The predicted molar refractivity (Wildman–Crippen MR) is 181 cm³/mol. The van der Waals surface area contributed by atoms with Crippen LogP contribution in [0, 0.1) is 29.9 Å². The SMILES string of the molecule is C#[N+]C(C(O)Nc1cccc(F)c1CCC1C(CC)CNC2CCCS(=O)(=O)N1C2)C(C1=CN=C(OC)C=CC1)c1ccc(F)c(F)c1. The van der Waals surface area contributed by atoms with E-state index in [4.69, 9.17) is 11.3 Å². The van der Waals surface area contributed by atoms with E-state index in [1.165, 1.54) is 31.5 Å². The summed E-state index contributed by atoms with van der Waals surface area (Å²) in [6, 6.07) is 6.46. The lowest BCUT2D eigenvalue weighted by Gasteiger charge is -2.33. The largest absolute Gasteiger partial charge is 0.481 e. The Balaban J connectivity index is 1.44. The molecule has 2 aromatic carbocycles. The molecule has 258 valence electrons. The summed E-state index contributed by atoms with van der Waals surface area (Å²) in [4.78, 5) is 8.29. The topological polar surface area (TPSA) is 108 Å². The molecule has 0 aliphatic carbocycles. The van der Waals surface area contributed by atoms with Crippen LogP contribution in [0.1, 0.15) is 56.1 Å². The van der Waals surface area contributed by atoms with Gasteiger partial charge in [0.15, 0.2) is 11.6 Å². The lowest BCUT2D eigenvalue weighted by molar-refractivity contribution is 0.178. The molecular formula is C35H43F3N5O4S+. The minimum Gasteiger partial charge on any atom is -0.481 e. The fraction of sp³-hybridized carbons (Fsp3) is 0.486. The number of nitrogens with one attached hydrogen (secondary N) is 2. The summed E-state index contributed by atoms with van der Waals surface area (Å²) >= 11 is 0. The van der Waals surface area contributed by atoms with Crippen molar-refractivity contribution in [2.75, 3.05) is 31.3 Å². The number of hydrogen-bond acceptors (Lipinski definition) is 7. The average Bonchev–Trinajstić information content (AvgIpc) is 3.47. The minimum absolute atomic E-state index is 0.0390. The second-order valence-corrected chi connectivity index (χ2v) is 14.6. The molecule has 7 atom stereocenters. The Morgan fingerprint density at radius 3 is 2.75 bits per heavy atom. The molecule has 2 bridgehead atoms. The number of aliphatic hydroxyl groups is 1. The summed E-state index contributed by atoms with van der Waals surface area (Å²) in [5, 5.41) is 18.1. The number of allylic oxidation sites excluding steroid dienone is 1. The third-order valence-corrected chi connectivity index (χ3v) is 11.6. The zero-order valence-electron chi connectivity index (χ0n) is 27.2. The maximum atomic E-state index is 15.5. The quantitative estimate of drug-likeness (QED) is 0.283. The van der Waals surface area contributed by atoms with Gasteiger partial charge in [-0.05, 0) is 86.0 Å². The van der Waals surface area contributed by atoms with Gasteiger partial charge in [0.1, 0.15) is 5.82 Å². The maximum Gasteiger partial charge on any atom is 0.325 e. The van der Waals surface area contributed by atoms with Gasteiger partial charge < -0.3 is 20.5 Å². The number of sulfonamides is 1.